The molecular formula is C11H12N4O. The van der Waals surface area contributed by atoms with Crippen LogP contribution < -0.4 is 10.9 Å². The van der Waals surface area contributed by atoms with Gasteiger partial charge in [0.05, 0.1) is 0 Å². The first-order valence-electron chi connectivity index (χ1n) is 5.06. The molecule has 2 aromatic rings. The van der Waals surface area contributed by atoms with E-state index in [9.17, 15) is 4.79 Å². The maximum Gasteiger partial charge on any atom is 0.271 e. The minimum Gasteiger partial charge on any atom is -0.324 e. The summed E-state index contributed by atoms with van der Waals surface area (Å²) in [6, 6.07) is 7.86. The molecule has 5 nitrogen and oxygen atoms in total. The Labute approximate surface area is 92.6 Å². The molecule has 0 saturated heterocycles. The zero-order valence-corrected chi connectivity index (χ0v) is 8.90. The van der Waals surface area contributed by atoms with Gasteiger partial charge in [0.25, 0.3) is 5.56 Å². The summed E-state index contributed by atoms with van der Waals surface area (Å²) in [5.74, 6) is 0.355. The zero-order valence-electron chi connectivity index (χ0n) is 8.90. The third-order valence-corrected chi connectivity index (χ3v) is 2.23. The van der Waals surface area contributed by atoms with Gasteiger partial charge in [-0.05, 0) is 18.1 Å². The summed E-state index contributed by atoms with van der Waals surface area (Å²) in [5, 5.41) is 10.4. The summed E-state index contributed by atoms with van der Waals surface area (Å²) in [7, 11) is 0. The van der Waals surface area contributed by atoms with Crippen LogP contribution in [0.3, 0.4) is 0 Å². The van der Waals surface area contributed by atoms with Gasteiger partial charge in [-0.15, -0.1) is 10.2 Å². The molecule has 0 atom stereocenters. The molecule has 0 aliphatic heterocycles. The van der Waals surface area contributed by atoms with E-state index in [-0.39, 0.29) is 5.56 Å². The Kier molecular flexibility index (Phi) is 2.95. The summed E-state index contributed by atoms with van der Waals surface area (Å²) in [4.78, 5) is 13.6. The SMILES string of the molecule is CCc1ccccc1Nc1nncc(=O)[nH]1. The van der Waals surface area contributed by atoms with E-state index in [1.807, 2.05) is 24.3 Å². The van der Waals surface area contributed by atoms with Gasteiger partial charge in [0.1, 0.15) is 6.20 Å². The van der Waals surface area contributed by atoms with Gasteiger partial charge < -0.3 is 5.32 Å². The van der Waals surface area contributed by atoms with Gasteiger partial charge in [-0.3, -0.25) is 9.78 Å². The number of benzene rings is 1. The first-order chi connectivity index (χ1) is 7.79. The second-order valence-electron chi connectivity index (χ2n) is 3.32. The van der Waals surface area contributed by atoms with Gasteiger partial charge in [0.2, 0.25) is 5.95 Å². The highest BCUT2D eigenvalue weighted by atomic mass is 16.1. The van der Waals surface area contributed by atoms with Crippen molar-refractivity contribution in [1.29, 1.82) is 0 Å². The van der Waals surface area contributed by atoms with E-state index < -0.39 is 0 Å². The van der Waals surface area contributed by atoms with E-state index in [1.165, 1.54) is 0 Å². The lowest BCUT2D eigenvalue weighted by Gasteiger charge is -2.08. The van der Waals surface area contributed by atoms with E-state index in [2.05, 4.69) is 27.4 Å². The van der Waals surface area contributed by atoms with Crippen LogP contribution in [0.2, 0.25) is 0 Å². The molecule has 2 N–H and O–H groups in total. The van der Waals surface area contributed by atoms with Crippen molar-refractivity contribution < 1.29 is 0 Å². The fourth-order valence-corrected chi connectivity index (χ4v) is 1.45. The maximum atomic E-state index is 11.0. The maximum absolute atomic E-state index is 11.0. The molecule has 1 heterocycles. The van der Waals surface area contributed by atoms with Crippen molar-refractivity contribution in [2.24, 2.45) is 0 Å². The second kappa shape index (κ2) is 4.57. The fourth-order valence-electron chi connectivity index (χ4n) is 1.45. The quantitative estimate of drug-likeness (QED) is 0.815. The van der Waals surface area contributed by atoms with Crippen LogP contribution in [0.5, 0.6) is 0 Å². The van der Waals surface area contributed by atoms with Crippen LogP contribution in [0.25, 0.3) is 0 Å². The van der Waals surface area contributed by atoms with Crippen LogP contribution in [-0.4, -0.2) is 15.2 Å². The Morgan fingerprint density at radius 1 is 1.38 bits per heavy atom. The van der Waals surface area contributed by atoms with Crippen molar-refractivity contribution >= 4 is 11.6 Å². The predicted molar refractivity (Wildman–Crippen MR) is 61.8 cm³/mol. The summed E-state index contributed by atoms with van der Waals surface area (Å²) < 4.78 is 0. The van der Waals surface area contributed by atoms with Crippen molar-refractivity contribution in [2.75, 3.05) is 5.32 Å². The average molecular weight is 216 g/mol. The van der Waals surface area contributed by atoms with Crippen LogP contribution in [0.15, 0.2) is 35.3 Å². The minimum atomic E-state index is -0.272. The number of nitrogens with one attached hydrogen (secondary N) is 2. The van der Waals surface area contributed by atoms with Gasteiger partial charge in [0, 0.05) is 5.69 Å². The van der Waals surface area contributed by atoms with Crippen LogP contribution in [0, 0.1) is 0 Å². The van der Waals surface area contributed by atoms with Crippen molar-refractivity contribution in [2.45, 2.75) is 13.3 Å². The van der Waals surface area contributed by atoms with E-state index in [0.717, 1.165) is 23.9 Å². The Bertz CT molecular complexity index is 535. The lowest BCUT2D eigenvalue weighted by atomic mass is 10.1. The highest BCUT2D eigenvalue weighted by molar-refractivity contribution is 5.57. The number of aromatic nitrogens is 3. The van der Waals surface area contributed by atoms with Gasteiger partial charge in [0.15, 0.2) is 0 Å². The molecule has 0 fully saturated rings. The van der Waals surface area contributed by atoms with Crippen LogP contribution in [0.4, 0.5) is 11.6 Å². The van der Waals surface area contributed by atoms with Crippen molar-refractivity contribution in [1.82, 2.24) is 15.2 Å². The summed E-state index contributed by atoms with van der Waals surface area (Å²) in [6.07, 6.45) is 2.05. The van der Waals surface area contributed by atoms with Crippen LogP contribution >= 0.6 is 0 Å². The molecule has 0 aliphatic carbocycles. The third kappa shape index (κ3) is 2.25. The molecule has 0 bridgehead atoms. The molecule has 0 aliphatic rings. The number of H-pyrrole nitrogens is 1. The van der Waals surface area contributed by atoms with Gasteiger partial charge >= 0.3 is 0 Å². The van der Waals surface area contributed by atoms with Gasteiger partial charge in [-0.25, -0.2) is 0 Å². The standard InChI is InChI=1S/C11H12N4O/c1-2-8-5-3-4-6-9(8)13-11-14-10(16)7-12-15-11/h3-7H,2H2,1H3,(H2,13,14,15,16). The highest BCUT2D eigenvalue weighted by Crippen LogP contribution is 2.17. The van der Waals surface area contributed by atoms with Crippen LogP contribution in [0.1, 0.15) is 12.5 Å². The lowest BCUT2D eigenvalue weighted by molar-refractivity contribution is 0.952. The van der Waals surface area contributed by atoms with Crippen molar-refractivity contribution in [3.05, 3.63) is 46.4 Å². The summed E-state index contributed by atoms with van der Waals surface area (Å²) in [6.45, 7) is 2.07. The molecule has 0 amide bonds. The second-order valence-corrected chi connectivity index (χ2v) is 3.32. The van der Waals surface area contributed by atoms with E-state index >= 15 is 0 Å². The molecule has 16 heavy (non-hydrogen) atoms. The largest absolute Gasteiger partial charge is 0.324 e. The molecule has 82 valence electrons. The summed E-state index contributed by atoms with van der Waals surface area (Å²) in [5.41, 5.74) is 1.82. The Morgan fingerprint density at radius 2 is 2.19 bits per heavy atom. The Balaban J connectivity index is 2.30. The highest BCUT2D eigenvalue weighted by Gasteiger charge is 2.01. The van der Waals surface area contributed by atoms with Crippen molar-refractivity contribution in [3.8, 4) is 0 Å². The first kappa shape index (κ1) is 10.4. The normalized spacial score (nSPS) is 10.1. The van der Waals surface area contributed by atoms with Gasteiger partial charge in [-0.1, -0.05) is 25.1 Å². The molecular weight excluding hydrogens is 204 g/mol. The molecule has 0 spiro atoms. The molecule has 2 rings (SSSR count). The molecule has 1 aromatic carbocycles. The van der Waals surface area contributed by atoms with E-state index in [1.54, 1.807) is 0 Å². The number of aromatic amines is 1. The Morgan fingerprint density at radius 3 is 2.94 bits per heavy atom. The number of rotatable bonds is 3. The number of anilines is 2. The monoisotopic (exact) mass is 216 g/mol. The number of hydrogen-bond donors (Lipinski definition) is 2. The van der Waals surface area contributed by atoms with E-state index in [4.69, 9.17) is 0 Å². The van der Waals surface area contributed by atoms with Crippen molar-refractivity contribution in [3.63, 3.8) is 0 Å². The zero-order chi connectivity index (χ0) is 11.4. The fraction of sp³-hybridized carbons (Fsp3) is 0.182. The molecule has 0 saturated carbocycles. The molecule has 0 unspecified atom stereocenters. The lowest BCUT2D eigenvalue weighted by Crippen LogP contribution is -2.11. The Hall–Kier alpha value is -2.17. The first-order valence-corrected chi connectivity index (χ1v) is 5.06. The predicted octanol–water partition coefficient (Wildman–Crippen LogP) is 1.47. The number of nitrogens with zero attached hydrogens (tertiary/aromatic N) is 2. The number of hydrogen-bond acceptors (Lipinski definition) is 4. The summed E-state index contributed by atoms with van der Waals surface area (Å²) >= 11 is 0. The smallest absolute Gasteiger partial charge is 0.271 e. The number of para-hydroxylation sites is 1. The average Bonchev–Trinajstić information content (AvgIpc) is 2.30. The molecule has 1 aromatic heterocycles. The molecule has 0 radical (unpaired) electrons. The third-order valence-electron chi connectivity index (χ3n) is 2.23. The van der Waals surface area contributed by atoms with Crippen LogP contribution in [-0.2, 0) is 6.42 Å². The van der Waals surface area contributed by atoms with E-state index in [0.29, 0.717) is 5.95 Å². The number of aryl methyl sites for hydroxylation is 1. The van der Waals surface area contributed by atoms with Gasteiger partial charge in [-0.2, -0.15) is 0 Å². The minimum absolute atomic E-state index is 0.272. The molecule has 5 heteroatoms. The topological polar surface area (TPSA) is 70.7 Å².